The van der Waals surface area contributed by atoms with Crippen LogP contribution in [0.2, 0.25) is 0 Å². The van der Waals surface area contributed by atoms with Crippen LogP contribution in [0.3, 0.4) is 0 Å². The summed E-state index contributed by atoms with van der Waals surface area (Å²) in [5.41, 5.74) is 0.159. The number of carbonyl (C=O) groups is 1. The number of amides is 1. The van der Waals surface area contributed by atoms with Crippen molar-refractivity contribution < 1.29 is 4.79 Å². The fourth-order valence-corrected chi connectivity index (χ4v) is 3.72. The number of rotatable bonds is 3. The summed E-state index contributed by atoms with van der Waals surface area (Å²) in [4.78, 5) is 11.9. The van der Waals surface area contributed by atoms with E-state index < -0.39 is 0 Å². The summed E-state index contributed by atoms with van der Waals surface area (Å²) in [6.45, 7) is 0. The lowest BCUT2D eigenvalue weighted by Crippen LogP contribution is -2.41. The first kappa shape index (κ1) is 10.0. The maximum absolute atomic E-state index is 11.9. The van der Waals surface area contributed by atoms with Gasteiger partial charge in [-0.25, -0.2) is 0 Å². The highest BCUT2D eigenvalue weighted by Gasteiger charge is 2.74. The van der Waals surface area contributed by atoms with Gasteiger partial charge in [-0.05, 0) is 44.3 Å². The van der Waals surface area contributed by atoms with E-state index in [1.165, 1.54) is 38.5 Å². The molecule has 1 amide bonds. The van der Waals surface area contributed by atoms with Crippen molar-refractivity contribution >= 4 is 17.7 Å². The highest BCUT2D eigenvalue weighted by molar-refractivity contribution is 7.99. The minimum Gasteiger partial charge on any atom is -0.353 e. The molecule has 2 nitrogen and oxygen atoms in total. The number of carbonyl (C=O) groups excluding carboxylic acids is 1. The Bertz CT molecular complexity index is 285. The summed E-state index contributed by atoms with van der Waals surface area (Å²) in [5, 5.41) is 4.05. The van der Waals surface area contributed by atoms with Gasteiger partial charge in [0.2, 0.25) is 5.91 Å². The van der Waals surface area contributed by atoms with E-state index in [0.29, 0.717) is 11.9 Å². The van der Waals surface area contributed by atoms with E-state index in [1.807, 2.05) is 11.8 Å². The van der Waals surface area contributed by atoms with Gasteiger partial charge in [0.25, 0.3) is 0 Å². The zero-order chi connectivity index (χ0) is 10.5. The van der Waals surface area contributed by atoms with Gasteiger partial charge in [-0.15, -0.1) is 0 Å². The van der Waals surface area contributed by atoms with Crippen LogP contribution >= 0.6 is 11.8 Å². The highest BCUT2D eigenvalue weighted by atomic mass is 32.2. The summed E-state index contributed by atoms with van der Waals surface area (Å²) in [5.74, 6) is 1.15. The van der Waals surface area contributed by atoms with Crippen LogP contribution in [0.25, 0.3) is 0 Å². The fourth-order valence-electron chi connectivity index (χ4n) is 2.89. The molecule has 0 saturated heterocycles. The molecule has 0 spiro atoms. The van der Waals surface area contributed by atoms with Crippen LogP contribution in [0, 0.1) is 11.3 Å². The van der Waals surface area contributed by atoms with Gasteiger partial charge in [0.1, 0.15) is 0 Å². The number of fused-ring (bicyclic) bond motifs is 1. The molecule has 0 aliphatic heterocycles. The van der Waals surface area contributed by atoms with Crippen molar-refractivity contribution in [1.29, 1.82) is 0 Å². The Morgan fingerprint density at radius 2 is 2.13 bits per heavy atom. The van der Waals surface area contributed by atoms with E-state index in [1.54, 1.807) is 0 Å². The van der Waals surface area contributed by atoms with Crippen LogP contribution in [0.5, 0.6) is 0 Å². The van der Waals surface area contributed by atoms with Crippen LogP contribution in [-0.2, 0) is 4.79 Å². The van der Waals surface area contributed by atoms with Gasteiger partial charge in [0, 0.05) is 11.3 Å². The number of hydrogen-bond donors (Lipinski definition) is 1. The van der Waals surface area contributed by atoms with Crippen molar-refractivity contribution in [1.82, 2.24) is 5.32 Å². The lowest BCUT2D eigenvalue weighted by molar-refractivity contribution is -0.125. The third kappa shape index (κ3) is 1.69. The molecule has 0 bridgehead atoms. The third-order valence-corrected chi connectivity index (χ3v) is 5.52. The van der Waals surface area contributed by atoms with Crippen molar-refractivity contribution in [2.75, 3.05) is 6.26 Å². The van der Waals surface area contributed by atoms with E-state index in [-0.39, 0.29) is 5.41 Å². The van der Waals surface area contributed by atoms with Gasteiger partial charge in [-0.1, -0.05) is 6.42 Å². The molecule has 3 aliphatic rings. The third-order valence-electron chi connectivity index (χ3n) is 4.43. The summed E-state index contributed by atoms with van der Waals surface area (Å²) in [7, 11) is 0. The molecule has 3 fully saturated rings. The Labute approximate surface area is 95.6 Å². The maximum Gasteiger partial charge on any atom is 0.226 e. The molecule has 0 aromatic carbocycles. The van der Waals surface area contributed by atoms with Crippen LogP contribution in [0.1, 0.15) is 38.5 Å². The normalized spacial score (nSPS) is 46.9. The second kappa shape index (κ2) is 3.41. The standard InChI is InChI=1S/C12H19NOS/c1-15-10-4-2-3-9(5-10)13-11(14)12-6-8(12)7-12/h8-10H,2-7H2,1H3,(H,13,14). The van der Waals surface area contributed by atoms with E-state index in [4.69, 9.17) is 0 Å². The Kier molecular flexibility index (Phi) is 2.27. The smallest absolute Gasteiger partial charge is 0.226 e. The van der Waals surface area contributed by atoms with Crippen LogP contribution < -0.4 is 5.32 Å². The highest BCUT2D eigenvalue weighted by Crippen LogP contribution is 2.75. The first-order valence-corrected chi connectivity index (χ1v) is 7.37. The van der Waals surface area contributed by atoms with Crippen molar-refractivity contribution in [3.05, 3.63) is 0 Å². The van der Waals surface area contributed by atoms with E-state index >= 15 is 0 Å². The molecule has 1 N–H and O–H groups in total. The van der Waals surface area contributed by atoms with Gasteiger partial charge in [-0.2, -0.15) is 11.8 Å². The molecule has 3 aliphatic carbocycles. The Balaban J connectivity index is 1.51. The van der Waals surface area contributed by atoms with Crippen molar-refractivity contribution in [2.24, 2.45) is 11.3 Å². The average molecular weight is 225 g/mol. The second-order valence-corrected chi connectivity index (χ2v) is 6.59. The molecule has 84 valence electrons. The minimum atomic E-state index is 0.159. The fraction of sp³-hybridized carbons (Fsp3) is 0.917. The van der Waals surface area contributed by atoms with Crippen LogP contribution in [0.4, 0.5) is 0 Å². The predicted molar refractivity (Wildman–Crippen MR) is 62.9 cm³/mol. The molecule has 3 saturated carbocycles. The average Bonchev–Trinajstić information content (AvgIpc) is 3.05. The summed E-state index contributed by atoms with van der Waals surface area (Å²) >= 11 is 1.96. The quantitative estimate of drug-likeness (QED) is 0.797. The molecule has 2 unspecified atom stereocenters. The zero-order valence-electron chi connectivity index (χ0n) is 9.29. The molecule has 0 aromatic rings. The number of hydrogen-bond acceptors (Lipinski definition) is 2. The van der Waals surface area contributed by atoms with E-state index in [2.05, 4.69) is 11.6 Å². The number of thioether (sulfide) groups is 1. The summed E-state index contributed by atoms with van der Waals surface area (Å²) in [6.07, 6.45) is 9.55. The molecule has 2 atom stereocenters. The van der Waals surface area contributed by atoms with Gasteiger partial charge in [-0.3, -0.25) is 4.79 Å². The topological polar surface area (TPSA) is 29.1 Å². The lowest BCUT2D eigenvalue weighted by atomic mass is 9.94. The SMILES string of the molecule is CSC1CCCC(NC(=O)C23CC2C3)C1. The van der Waals surface area contributed by atoms with Gasteiger partial charge < -0.3 is 5.32 Å². The molecule has 0 heterocycles. The molecule has 0 aromatic heterocycles. The molecule has 3 heteroatoms. The summed E-state index contributed by atoms with van der Waals surface area (Å²) in [6, 6.07) is 0.472. The van der Waals surface area contributed by atoms with E-state index in [9.17, 15) is 4.79 Å². The first-order chi connectivity index (χ1) is 7.24. The molecule has 15 heavy (non-hydrogen) atoms. The Morgan fingerprint density at radius 1 is 1.40 bits per heavy atom. The molecule has 0 radical (unpaired) electrons. The Morgan fingerprint density at radius 3 is 2.73 bits per heavy atom. The Hall–Kier alpha value is -0.180. The lowest BCUT2D eigenvalue weighted by Gasteiger charge is -2.29. The van der Waals surface area contributed by atoms with Crippen molar-refractivity contribution in [2.45, 2.75) is 49.8 Å². The minimum absolute atomic E-state index is 0.159. The van der Waals surface area contributed by atoms with Gasteiger partial charge in [0.05, 0.1) is 5.41 Å². The van der Waals surface area contributed by atoms with Crippen LogP contribution in [0.15, 0.2) is 0 Å². The van der Waals surface area contributed by atoms with Crippen LogP contribution in [-0.4, -0.2) is 23.5 Å². The van der Waals surface area contributed by atoms with E-state index in [0.717, 1.165) is 11.2 Å². The van der Waals surface area contributed by atoms with Gasteiger partial charge >= 0.3 is 0 Å². The van der Waals surface area contributed by atoms with Crippen molar-refractivity contribution in [3.8, 4) is 0 Å². The predicted octanol–water partition coefficient (Wildman–Crippen LogP) is 2.19. The molecular weight excluding hydrogens is 206 g/mol. The monoisotopic (exact) mass is 225 g/mol. The zero-order valence-corrected chi connectivity index (χ0v) is 10.1. The first-order valence-electron chi connectivity index (χ1n) is 6.08. The number of nitrogens with one attached hydrogen (secondary N) is 1. The molecule has 3 rings (SSSR count). The maximum atomic E-state index is 11.9. The summed E-state index contributed by atoms with van der Waals surface area (Å²) < 4.78 is 0. The largest absolute Gasteiger partial charge is 0.353 e. The van der Waals surface area contributed by atoms with Gasteiger partial charge in [0.15, 0.2) is 0 Å². The second-order valence-electron chi connectivity index (χ2n) is 5.46. The molecular formula is C12H19NOS. The van der Waals surface area contributed by atoms with Crippen molar-refractivity contribution in [3.63, 3.8) is 0 Å².